The van der Waals surface area contributed by atoms with Gasteiger partial charge in [0.1, 0.15) is 0 Å². The van der Waals surface area contributed by atoms with Gasteiger partial charge in [0.25, 0.3) is 0 Å². The molecule has 2 atom stereocenters. The standard InChI is InChI=1S/C44H68N2/c1-10-33-22-20-23-34(11-2)37(33)45-39(43(30-41(45,6)7)26-16-14-17-27-43)32(5)40-44(28-18-15-19-29-44)31-42(8,9)46(40)38-35(12-3)24-21-25-36(38)13-4/h20-25,32,39-40H,10-19,26-31H2,1-9H3. The fourth-order valence-corrected chi connectivity index (χ4v) is 12.6. The molecule has 0 N–H and O–H groups in total. The number of aryl methyl sites for hydroxylation is 4. The van der Waals surface area contributed by atoms with Crippen molar-refractivity contribution in [3.8, 4) is 0 Å². The first-order valence-electron chi connectivity index (χ1n) is 19.8. The lowest BCUT2D eigenvalue weighted by Crippen LogP contribution is -2.59. The van der Waals surface area contributed by atoms with Crippen molar-refractivity contribution in [1.29, 1.82) is 0 Å². The summed E-state index contributed by atoms with van der Waals surface area (Å²) in [5, 5.41) is 0. The number of hydrogen-bond acceptors (Lipinski definition) is 2. The van der Waals surface area contributed by atoms with Crippen LogP contribution in [0.3, 0.4) is 0 Å². The maximum Gasteiger partial charge on any atom is 0.0438 e. The molecule has 4 aliphatic rings. The van der Waals surface area contributed by atoms with Gasteiger partial charge in [0.2, 0.25) is 0 Å². The maximum atomic E-state index is 3.10. The smallest absolute Gasteiger partial charge is 0.0438 e. The lowest BCUT2D eigenvalue weighted by molar-refractivity contribution is 0.0803. The van der Waals surface area contributed by atoms with Crippen molar-refractivity contribution in [3.63, 3.8) is 0 Å². The van der Waals surface area contributed by atoms with E-state index in [2.05, 4.69) is 109 Å². The first kappa shape index (κ1) is 33.9. The molecule has 6 rings (SSSR count). The van der Waals surface area contributed by atoms with Gasteiger partial charge in [-0.2, -0.15) is 0 Å². The Labute approximate surface area is 284 Å². The van der Waals surface area contributed by atoms with Crippen molar-refractivity contribution in [3.05, 3.63) is 58.7 Å². The van der Waals surface area contributed by atoms with Crippen molar-refractivity contribution in [1.82, 2.24) is 0 Å². The van der Waals surface area contributed by atoms with Gasteiger partial charge >= 0.3 is 0 Å². The highest BCUT2D eigenvalue weighted by Crippen LogP contribution is 2.64. The number of para-hydroxylation sites is 2. The maximum absolute atomic E-state index is 3.10. The van der Waals surface area contributed by atoms with Gasteiger partial charge in [0.15, 0.2) is 0 Å². The Bertz CT molecular complexity index is 1210. The molecule has 2 saturated carbocycles. The zero-order valence-electron chi connectivity index (χ0n) is 31.4. The van der Waals surface area contributed by atoms with Crippen molar-refractivity contribution in [2.75, 3.05) is 9.80 Å². The highest BCUT2D eigenvalue weighted by Gasteiger charge is 2.64. The molecule has 2 nitrogen and oxygen atoms in total. The molecule has 0 aromatic heterocycles. The lowest BCUT2D eigenvalue weighted by Gasteiger charge is -2.54. The summed E-state index contributed by atoms with van der Waals surface area (Å²) in [7, 11) is 0. The minimum Gasteiger partial charge on any atom is -0.362 e. The zero-order chi connectivity index (χ0) is 32.9. The topological polar surface area (TPSA) is 6.48 Å². The average Bonchev–Trinajstić information content (AvgIpc) is 3.41. The normalized spacial score (nSPS) is 27.1. The number of anilines is 2. The first-order valence-corrected chi connectivity index (χ1v) is 19.8. The number of hydrogen-bond donors (Lipinski definition) is 0. The summed E-state index contributed by atoms with van der Waals surface area (Å²) in [6.07, 6.45) is 21.2. The van der Waals surface area contributed by atoms with Crippen LogP contribution in [0, 0.1) is 16.7 Å². The van der Waals surface area contributed by atoms with Gasteiger partial charge in [-0.25, -0.2) is 0 Å². The Kier molecular flexibility index (Phi) is 9.45. The highest BCUT2D eigenvalue weighted by molar-refractivity contribution is 5.66. The molecule has 4 fully saturated rings. The van der Waals surface area contributed by atoms with E-state index in [0.29, 0.717) is 28.8 Å². The minimum absolute atomic E-state index is 0.139. The van der Waals surface area contributed by atoms with E-state index in [1.54, 1.807) is 33.6 Å². The third-order valence-corrected chi connectivity index (χ3v) is 13.8. The molecule has 0 amide bonds. The van der Waals surface area contributed by atoms with Crippen LogP contribution in [-0.4, -0.2) is 23.2 Å². The Hall–Kier alpha value is -1.96. The zero-order valence-corrected chi connectivity index (χ0v) is 31.4. The monoisotopic (exact) mass is 625 g/mol. The van der Waals surface area contributed by atoms with E-state index in [-0.39, 0.29) is 11.1 Å². The molecule has 2 heteroatoms. The van der Waals surface area contributed by atoms with Crippen molar-refractivity contribution in [2.45, 2.75) is 188 Å². The lowest BCUT2D eigenvalue weighted by atomic mass is 9.59. The SMILES string of the molecule is CCc1cccc(CC)c1N1C(C(C)C2N(c3c(CC)cccc3CC)C(C)(C)CC23CCCCC3)C2(CCCCC2)CC1(C)C. The predicted molar refractivity (Wildman–Crippen MR) is 201 cm³/mol. The Morgan fingerprint density at radius 3 is 1.13 bits per heavy atom. The van der Waals surface area contributed by atoms with E-state index in [0.717, 1.165) is 25.7 Å². The van der Waals surface area contributed by atoms with Gasteiger partial charge in [-0.05, 0) is 131 Å². The quantitative estimate of drug-likeness (QED) is 0.288. The molecule has 2 aromatic carbocycles. The van der Waals surface area contributed by atoms with Crippen LogP contribution in [0.4, 0.5) is 11.4 Å². The van der Waals surface area contributed by atoms with Crippen LogP contribution < -0.4 is 9.80 Å². The summed E-state index contributed by atoms with van der Waals surface area (Å²) in [5.41, 5.74) is 10.5. The third-order valence-electron chi connectivity index (χ3n) is 13.8. The van der Waals surface area contributed by atoms with Gasteiger partial charge in [-0.3, -0.25) is 0 Å². The fraction of sp³-hybridized carbons (Fsp3) is 0.727. The summed E-state index contributed by atoms with van der Waals surface area (Å²) in [5.74, 6) is 0.573. The average molecular weight is 625 g/mol. The molecule has 2 spiro atoms. The van der Waals surface area contributed by atoms with E-state index in [1.165, 1.54) is 77.0 Å². The second-order valence-corrected chi connectivity index (χ2v) is 17.6. The van der Waals surface area contributed by atoms with Gasteiger partial charge in [0.05, 0.1) is 0 Å². The minimum atomic E-state index is 0.139. The summed E-state index contributed by atoms with van der Waals surface area (Å²) in [6, 6.07) is 15.6. The number of benzene rings is 2. The predicted octanol–water partition coefficient (Wildman–Crippen LogP) is 11.9. The molecule has 2 aliphatic heterocycles. The Morgan fingerprint density at radius 1 is 0.543 bits per heavy atom. The molecule has 254 valence electrons. The molecule has 2 heterocycles. The molecule has 0 radical (unpaired) electrons. The van der Waals surface area contributed by atoms with Crippen molar-refractivity contribution < 1.29 is 0 Å². The Balaban J connectivity index is 1.60. The van der Waals surface area contributed by atoms with E-state index < -0.39 is 0 Å². The summed E-state index contributed by atoms with van der Waals surface area (Å²) in [6.45, 7) is 22.8. The first-order chi connectivity index (χ1) is 22.0. The highest BCUT2D eigenvalue weighted by atomic mass is 15.3. The van der Waals surface area contributed by atoms with E-state index in [4.69, 9.17) is 0 Å². The van der Waals surface area contributed by atoms with E-state index in [1.807, 2.05) is 0 Å². The van der Waals surface area contributed by atoms with Crippen molar-refractivity contribution >= 4 is 11.4 Å². The van der Waals surface area contributed by atoms with Gasteiger partial charge in [-0.15, -0.1) is 0 Å². The second-order valence-electron chi connectivity index (χ2n) is 17.6. The summed E-state index contributed by atoms with van der Waals surface area (Å²) >= 11 is 0. The third kappa shape index (κ3) is 5.44. The van der Waals surface area contributed by atoms with Crippen LogP contribution in [-0.2, 0) is 25.7 Å². The van der Waals surface area contributed by atoms with E-state index >= 15 is 0 Å². The second kappa shape index (κ2) is 12.8. The van der Waals surface area contributed by atoms with Crippen LogP contribution in [0.1, 0.15) is 162 Å². The van der Waals surface area contributed by atoms with Crippen LogP contribution in [0.2, 0.25) is 0 Å². The van der Waals surface area contributed by atoms with Gasteiger partial charge in [-0.1, -0.05) is 110 Å². The molecule has 46 heavy (non-hydrogen) atoms. The summed E-state index contributed by atoms with van der Waals surface area (Å²) in [4.78, 5) is 6.21. The van der Waals surface area contributed by atoms with Crippen molar-refractivity contribution in [2.24, 2.45) is 16.7 Å². The molecule has 2 unspecified atom stereocenters. The van der Waals surface area contributed by atoms with Crippen LogP contribution in [0.5, 0.6) is 0 Å². The Morgan fingerprint density at radius 2 is 0.848 bits per heavy atom. The molecule has 0 bridgehead atoms. The molecule has 2 aliphatic carbocycles. The summed E-state index contributed by atoms with van der Waals surface area (Å²) < 4.78 is 0. The van der Waals surface area contributed by atoms with E-state index in [9.17, 15) is 0 Å². The molecular formula is C44H68N2. The van der Waals surface area contributed by atoms with Crippen LogP contribution >= 0.6 is 0 Å². The molecule has 2 saturated heterocycles. The van der Waals surface area contributed by atoms with Gasteiger partial charge in [0, 0.05) is 34.5 Å². The van der Waals surface area contributed by atoms with Crippen LogP contribution in [0.25, 0.3) is 0 Å². The molecular weight excluding hydrogens is 556 g/mol. The molecule has 2 aromatic rings. The van der Waals surface area contributed by atoms with Gasteiger partial charge < -0.3 is 9.80 Å². The van der Waals surface area contributed by atoms with Crippen LogP contribution in [0.15, 0.2) is 36.4 Å². The largest absolute Gasteiger partial charge is 0.362 e. The fourth-order valence-electron chi connectivity index (χ4n) is 12.6. The number of nitrogens with zero attached hydrogens (tertiary/aromatic N) is 2. The number of rotatable bonds is 8.